The van der Waals surface area contributed by atoms with Crippen LogP contribution < -0.4 is 10.1 Å². The number of carbonyl (C=O) groups excluding carboxylic acids is 3. The van der Waals surface area contributed by atoms with Crippen LogP contribution in [0.4, 0.5) is 0 Å². The van der Waals surface area contributed by atoms with E-state index < -0.39 is 11.5 Å². The summed E-state index contributed by atoms with van der Waals surface area (Å²) in [5.41, 5.74) is 0.241. The van der Waals surface area contributed by atoms with Gasteiger partial charge in [-0.15, -0.1) is 0 Å². The summed E-state index contributed by atoms with van der Waals surface area (Å²) >= 11 is 0. The molecule has 1 N–H and O–H groups in total. The van der Waals surface area contributed by atoms with Crippen LogP contribution in [0.5, 0.6) is 5.75 Å². The monoisotopic (exact) mass is 363 g/mol. The number of benzene rings is 1. The minimum absolute atomic E-state index is 0.0450. The zero-order chi connectivity index (χ0) is 20.0. The molecule has 1 rings (SSSR count). The first-order valence-electron chi connectivity index (χ1n) is 8.58. The van der Waals surface area contributed by atoms with Crippen LogP contribution in [0.25, 0.3) is 0 Å². The summed E-state index contributed by atoms with van der Waals surface area (Å²) in [5.74, 6) is -0.582. The van der Waals surface area contributed by atoms with Gasteiger partial charge in [0.1, 0.15) is 5.75 Å². The lowest BCUT2D eigenvalue weighted by molar-refractivity contribution is -0.151. The van der Waals surface area contributed by atoms with Crippen LogP contribution in [0.15, 0.2) is 24.3 Å². The maximum Gasteiger partial charge on any atom is 0.344 e. The molecule has 26 heavy (non-hydrogen) atoms. The Bertz CT molecular complexity index is 641. The van der Waals surface area contributed by atoms with Crippen LogP contribution in [0.2, 0.25) is 0 Å². The van der Waals surface area contributed by atoms with Crippen molar-refractivity contribution >= 4 is 17.7 Å². The van der Waals surface area contributed by atoms with Crippen molar-refractivity contribution in [1.29, 1.82) is 0 Å². The predicted molar refractivity (Wildman–Crippen MR) is 99.2 cm³/mol. The number of ether oxygens (including phenoxy) is 2. The summed E-state index contributed by atoms with van der Waals surface area (Å²) in [6.45, 7) is 11.0. The molecule has 0 fully saturated rings. The zero-order valence-corrected chi connectivity index (χ0v) is 16.5. The number of carbonyl (C=O) groups is 3. The fourth-order valence-corrected chi connectivity index (χ4v) is 2.90. The summed E-state index contributed by atoms with van der Waals surface area (Å²) in [4.78, 5) is 34.9. The Morgan fingerprint density at radius 3 is 2.04 bits per heavy atom. The second-order valence-electron chi connectivity index (χ2n) is 8.20. The van der Waals surface area contributed by atoms with Gasteiger partial charge in [-0.05, 0) is 56.9 Å². The van der Waals surface area contributed by atoms with E-state index >= 15 is 0 Å². The molecule has 0 saturated heterocycles. The number of nitrogens with one attached hydrogen (secondary N) is 1. The molecule has 0 spiro atoms. The van der Waals surface area contributed by atoms with Crippen LogP contribution in [0, 0.1) is 5.41 Å². The lowest BCUT2D eigenvalue weighted by Gasteiger charge is -2.33. The lowest BCUT2D eigenvalue weighted by Crippen LogP contribution is -2.47. The van der Waals surface area contributed by atoms with Gasteiger partial charge in [0.15, 0.2) is 19.0 Å². The van der Waals surface area contributed by atoms with Crippen LogP contribution in [0.3, 0.4) is 0 Å². The molecule has 6 heteroatoms. The Hall–Kier alpha value is -2.37. The summed E-state index contributed by atoms with van der Waals surface area (Å²) < 4.78 is 10.2. The van der Waals surface area contributed by atoms with E-state index in [-0.39, 0.29) is 30.3 Å². The molecule has 0 radical (unpaired) electrons. The Morgan fingerprint density at radius 1 is 0.962 bits per heavy atom. The van der Waals surface area contributed by atoms with E-state index in [1.54, 1.807) is 24.3 Å². The average Bonchev–Trinajstić information content (AvgIpc) is 2.48. The van der Waals surface area contributed by atoms with Gasteiger partial charge >= 0.3 is 5.97 Å². The van der Waals surface area contributed by atoms with E-state index in [1.807, 2.05) is 13.8 Å². The number of rotatable bonds is 8. The molecule has 0 aliphatic heterocycles. The van der Waals surface area contributed by atoms with E-state index in [1.165, 1.54) is 6.92 Å². The molecule has 1 aromatic carbocycles. The van der Waals surface area contributed by atoms with Gasteiger partial charge in [0.2, 0.25) is 0 Å². The number of ketones is 1. The SMILES string of the molecule is CC(=O)c1ccc(OCC(=O)OCC(=O)NC(C)(C)CC(C)(C)C)cc1. The standard InChI is InChI=1S/C20H29NO5/c1-14(22)15-7-9-16(10-8-15)25-12-18(24)26-11-17(23)21-20(5,6)13-19(2,3)4/h7-10H,11-13H2,1-6H3,(H,21,23). The van der Waals surface area contributed by atoms with Crippen molar-refractivity contribution in [2.75, 3.05) is 13.2 Å². The number of hydrogen-bond acceptors (Lipinski definition) is 5. The minimum atomic E-state index is -0.635. The first-order chi connectivity index (χ1) is 11.9. The third-order valence-electron chi connectivity index (χ3n) is 3.43. The fraction of sp³-hybridized carbons (Fsp3) is 0.550. The Balaban J connectivity index is 2.37. The van der Waals surface area contributed by atoms with Gasteiger partial charge in [-0.2, -0.15) is 0 Å². The van der Waals surface area contributed by atoms with E-state index in [9.17, 15) is 14.4 Å². The number of hydrogen-bond donors (Lipinski definition) is 1. The van der Waals surface area contributed by atoms with E-state index in [2.05, 4.69) is 26.1 Å². The van der Waals surface area contributed by atoms with Crippen molar-refractivity contribution in [3.05, 3.63) is 29.8 Å². The highest BCUT2D eigenvalue weighted by molar-refractivity contribution is 5.94. The third kappa shape index (κ3) is 8.65. The Kier molecular flexibility index (Phi) is 7.36. The highest BCUT2D eigenvalue weighted by Crippen LogP contribution is 2.26. The van der Waals surface area contributed by atoms with Gasteiger partial charge in [0.25, 0.3) is 5.91 Å². The highest BCUT2D eigenvalue weighted by atomic mass is 16.6. The molecule has 1 aromatic rings. The van der Waals surface area contributed by atoms with Crippen LogP contribution in [-0.4, -0.2) is 36.4 Å². The van der Waals surface area contributed by atoms with Crippen molar-refractivity contribution in [2.45, 2.75) is 53.5 Å². The van der Waals surface area contributed by atoms with Crippen molar-refractivity contribution in [1.82, 2.24) is 5.32 Å². The van der Waals surface area contributed by atoms with Gasteiger partial charge in [-0.1, -0.05) is 20.8 Å². The van der Waals surface area contributed by atoms with Crippen molar-refractivity contribution in [3.8, 4) is 5.75 Å². The van der Waals surface area contributed by atoms with E-state index in [0.717, 1.165) is 6.42 Å². The van der Waals surface area contributed by atoms with Crippen molar-refractivity contribution < 1.29 is 23.9 Å². The second kappa shape index (κ2) is 8.83. The molecular formula is C20H29NO5. The number of amides is 1. The van der Waals surface area contributed by atoms with Crippen LogP contribution in [0.1, 0.15) is 58.3 Å². The molecule has 144 valence electrons. The minimum Gasteiger partial charge on any atom is -0.482 e. The molecule has 1 amide bonds. The maximum absolute atomic E-state index is 12.0. The third-order valence-corrected chi connectivity index (χ3v) is 3.43. The first-order valence-corrected chi connectivity index (χ1v) is 8.58. The average molecular weight is 363 g/mol. The molecule has 6 nitrogen and oxygen atoms in total. The van der Waals surface area contributed by atoms with Gasteiger partial charge in [-0.25, -0.2) is 4.79 Å². The van der Waals surface area contributed by atoms with Gasteiger partial charge in [0, 0.05) is 11.1 Å². The lowest BCUT2D eigenvalue weighted by atomic mass is 9.82. The quantitative estimate of drug-likeness (QED) is 0.567. The van der Waals surface area contributed by atoms with E-state index in [0.29, 0.717) is 11.3 Å². The Morgan fingerprint density at radius 2 is 1.54 bits per heavy atom. The van der Waals surface area contributed by atoms with E-state index in [4.69, 9.17) is 9.47 Å². The van der Waals surface area contributed by atoms with Crippen LogP contribution >= 0.6 is 0 Å². The van der Waals surface area contributed by atoms with Crippen molar-refractivity contribution in [2.24, 2.45) is 5.41 Å². The summed E-state index contributed by atoms with van der Waals surface area (Å²) in [7, 11) is 0. The number of esters is 1. The molecular weight excluding hydrogens is 334 g/mol. The second-order valence-corrected chi connectivity index (χ2v) is 8.20. The largest absolute Gasteiger partial charge is 0.482 e. The summed E-state index contributed by atoms with van der Waals surface area (Å²) in [6, 6.07) is 6.44. The molecule has 0 heterocycles. The van der Waals surface area contributed by atoms with Crippen LogP contribution in [-0.2, 0) is 14.3 Å². The van der Waals surface area contributed by atoms with Gasteiger partial charge in [-0.3, -0.25) is 9.59 Å². The molecule has 0 aliphatic rings. The summed E-state index contributed by atoms with van der Waals surface area (Å²) in [5, 5.41) is 2.87. The molecule has 0 unspecified atom stereocenters. The normalized spacial score (nSPS) is 11.6. The summed E-state index contributed by atoms with van der Waals surface area (Å²) in [6.07, 6.45) is 0.791. The maximum atomic E-state index is 12.0. The molecule has 0 atom stereocenters. The van der Waals surface area contributed by atoms with Crippen molar-refractivity contribution in [3.63, 3.8) is 0 Å². The van der Waals surface area contributed by atoms with Gasteiger partial charge < -0.3 is 14.8 Å². The molecule has 0 aromatic heterocycles. The topological polar surface area (TPSA) is 81.7 Å². The molecule has 0 bridgehead atoms. The Labute approximate surface area is 155 Å². The molecule has 0 aliphatic carbocycles. The fourth-order valence-electron chi connectivity index (χ4n) is 2.90. The smallest absolute Gasteiger partial charge is 0.344 e. The molecule has 0 saturated carbocycles. The predicted octanol–water partition coefficient (Wildman–Crippen LogP) is 3.14. The van der Waals surface area contributed by atoms with Gasteiger partial charge in [0.05, 0.1) is 0 Å². The first kappa shape index (κ1) is 21.7. The highest BCUT2D eigenvalue weighted by Gasteiger charge is 2.27. The zero-order valence-electron chi connectivity index (χ0n) is 16.5. The number of Topliss-reactive ketones (excluding diaryl/α,β-unsaturated/α-hetero) is 1.